The van der Waals surface area contributed by atoms with Crippen LogP contribution in [0.4, 0.5) is 0 Å². The first-order valence-electron chi connectivity index (χ1n) is 5.91. The zero-order valence-electron chi connectivity index (χ0n) is 10.7. The SMILES string of the molecule is CC(C1=CN(C)C2NC(=N)NC(=O)C2=N1)C(O)CO. The Hall–Kier alpha value is -1.93. The van der Waals surface area contributed by atoms with Gasteiger partial charge in [-0.1, -0.05) is 6.92 Å². The van der Waals surface area contributed by atoms with E-state index in [4.69, 9.17) is 10.5 Å². The fraction of sp³-hybridized carbons (Fsp3) is 0.545. The van der Waals surface area contributed by atoms with Gasteiger partial charge in [0, 0.05) is 19.2 Å². The number of fused-ring (bicyclic) bond motifs is 1. The Morgan fingerprint density at radius 3 is 2.95 bits per heavy atom. The lowest BCUT2D eigenvalue weighted by Gasteiger charge is -2.36. The quantitative estimate of drug-likeness (QED) is 0.412. The number of rotatable bonds is 3. The van der Waals surface area contributed by atoms with E-state index in [1.165, 1.54) is 0 Å². The third-order valence-corrected chi connectivity index (χ3v) is 3.23. The van der Waals surface area contributed by atoms with Crippen molar-refractivity contribution in [2.24, 2.45) is 10.9 Å². The van der Waals surface area contributed by atoms with Crippen LogP contribution in [0.2, 0.25) is 0 Å². The average Bonchev–Trinajstić information content (AvgIpc) is 2.38. The highest BCUT2D eigenvalue weighted by Gasteiger charge is 2.35. The van der Waals surface area contributed by atoms with Crippen LogP contribution in [0.3, 0.4) is 0 Å². The number of aliphatic imine (C=N–C) groups is 1. The molecule has 2 rings (SSSR count). The molecule has 0 aromatic carbocycles. The number of aliphatic hydroxyl groups is 2. The number of carbonyl (C=O) groups is 1. The van der Waals surface area contributed by atoms with E-state index in [-0.39, 0.29) is 18.3 Å². The summed E-state index contributed by atoms with van der Waals surface area (Å²) in [7, 11) is 1.75. The minimum atomic E-state index is -0.932. The summed E-state index contributed by atoms with van der Waals surface area (Å²) in [6, 6.07) is 0. The fourth-order valence-electron chi connectivity index (χ4n) is 1.98. The molecule has 0 bridgehead atoms. The maximum Gasteiger partial charge on any atom is 0.276 e. The van der Waals surface area contributed by atoms with Crippen LogP contribution >= 0.6 is 0 Å². The van der Waals surface area contributed by atoms with Crippen LogP contribution in [0.1, 0.15) is 6.92 Å². The third-order valence-electron chi connectivity index (χ3n) is 3.23. The summed E-state index contributed by atoms with van der Waals surface area (Å²) >= 11 is 0. The standard InChI is InChI=1S/C11H17N5O3/c1-5(7(18)4-17)6-3-16(2)9-8(13-6)10(19)15-11(12)14-9/h3,5,7,9,17-18H,4H2,1-2H3,(H3,12,14,15,19). The van der Waals surface area contributed by atoms with E-state index in [0.717, 1.165) is 0 Å². The van der Waals surface area contributed by atoms with E-state index < -0.39 is 24.1 Å². The topological polar surface area (TPSA) is 121 Å². The first-order valence-corrected chi connectivity index (χ1v) is 5.91. The number of hydrogen-bond acceptors (Lipinski definition) is 6. The van der Waals surface area contributed by atoms with Crippen molar-refractivity contribution in [1.29, 1.82) is 5.41 Å². The summed E-state index contributed by atoms with van der Waals surface area (Å²) < 4.78 is 0. The highest BCUT2D eigenvalue weighted by atomic mass is 16.3. The first kappa shape index (κ1) is 13.5. The molecule has 0 aromatic rings. The maximum absolute atomic E-state index is 11.8. The zero-order valence-corrected chi connectivity index (χ0v) is 10.7. The lowest BCUT2D eigenvalue weighted by Crippen LogP contribution is -2.64. The predicted molar refractivity (Wildman–Crippen MR) is 68.3 cm³/mol. The molecule has 104 valence electrons. The van der Waals surface area contributed by atoms with Gasteiger partial charge in [-0.25, -0.2) is 4.99 Å². The van der Waals surface area contributed by atoms with Crippen LogP contribution in [0.5, 0.6) is 0 Å². The van der Waals surface area contributed by atoms with Crippen LogP contribution in [0.15, 0.2) is 16.9 Å². The molecule has 19 heavy (non-hydrogen) atoms. The largest absolute Gasteiger partial charge is 0.394 e. The summed E-state index contributed by atoms with van der Waals surface area (Å²) in [5.74, 6) is -0.895. The van der Waals surface area contributed by atoms with E-state index in [2.05, 4.69) is 15.6 Å². The second-order valence-electron chi connectivity index (χ2n) is 4.63. The number of nitrogens with zero attached hydrogens (tertiary/aromatic N) is 2. The Morgan fingerprint density at radius 2 is 2.32 bits per heavy atom. The van der Waals surface area contributed by atoms with Crippen LogP contribution in [0.25, 0.3) is 0 Å². The highest BCUT2D eigenvalue weighted by Crippen LogP contribution is 2.22. The van der Waals surface area contributed by atoms with Crippen LogP contribution in [0, 0.1) is 11.3 Å². The van der Waals surface area contributed by atoms with Gasteiger partial charge in [-0.2, -0.15) is 0 Å². The lowest BCUT2D eigenvalue weighted by molar-refractivity contribution is -0.114. The number of hydrogen-bond donors (Lipinski definition) is 5. The van der Waals surface area contributed by atoms with Crippen molar-refractivity contribution in [2.45, 2.75) is 19.2 Å². The monoisotopic (exact) mass is 267 g/mol. The number of carbonyl (C=O) groups excluding carboxylic acids is 1. The van der Waals surface area contributed by atoms with Gasteiger partial charge in [0.05, 0.1) is 18.4 Å². The summed E-state index contributed by atoms with van der Waals surface area (Å²) in [6.45, 7) is 1.35. The second kappa shape index (κ2) is 4.98. The molecule has 2 aliphatic rings. The third kappa shape index (κ3) is 2.45. The second-order valence-corrected chi connectivity index (χ2v) is 4.63. The lowest BCUT2D eigenvalue weighted by atomic mass is 10.00. The Bertz CT molecular complexity index is 473. The summed E-state index contributed by atoms with van der Waals surface area (Å²) in [5, 5.41) is 31.2. The molecule has 0 spiro atoms. The van der Waals surface area contributed by atoms with E-state index >= 15 is 0 Å². The summed E-state index contributed by atoms with van der Waals surface area (Å²) in [4.78, 5) is 17.7. The van der Waals surface area contributed by atoms with Gasteiger partial charge in [-0.3, -0.25) is 15.5 Å². The van der Waals surface area contributed by atoms with E-state index in [0.29, 0.717) is 5.70 Å². The van der Waals surface area contributed by atoms with Crippen LogP contribution in [-0.2, 0) is 4.79 Å². The summed E-state index contributed by atoms with van der Waals surface area (Å²) in [5.41, 5.74) is 0.758. The zero-order chi connectivity index (χ0) is 14.2. The van der Waals surface area contributed by atoms with Gasteiger partial charge in [-0.15, -0.1) is 0 Å². The molecular formula is C11H17N5O3. The molecule has 0 saturated carbocycles. The molecule has 2 heterocycles. The first-order chi connectivity index (χ1) is 8.93. The van der Waals surface area contributed by atoms with Gasteiger partial charge in [0.25, 0.3) is 5.91 Å². The number of aliphatic hydroxyl groups excluding tert-OH is 2. The minimum Gasteiger partial charge on any atom is -0.394 e. The molecule has 8 nitrogen and oxygen atoms in total. The Labute approximate surface area is 110 Å². The van der Waals surface area contributed by atoms with Crippen molar-refractivity contribution in [1.82, 2.24) is 15.5 Å². The van der Waals surface area contributed by atoms with Crippen molar-refractivity contribution in [3.8, 4) is 0 Å². The summed E-state index contributed by atoms with van der Waals surface area (Å²) in [6.07, 6.45) is 0.276. The Balaban J connectivity index is 2.29. The molecule has 5 N–H and O–H groups in total. The maximum atomic E-state index is 11.8. The van der Waals surface area contributed by atoms with Gasteiger partial charge in [0.1, 0.15) is 5.71 Å². The smallest absolute Gasteiger partial charge is 0.276 e. The molecule has 1 amide bonds. The molecule has 2 aliphatic heterocycles. The van der Waals surface area contributed by atoms with E-state index in [1.807, 2.05) is 0 Å². The van der Waals surface area contributed by atoms with Crippen molar-refractivity contribution >= 4 is 17.6 Å². The van der Waals surface area contributed by atoms with Gasteiger partial charge in [-0.05, 0) is 0 Å². The van der Waals surface area contributed by atoms with Crippen molar-refractivity contribution in [2.75, 3.05) is 13.7 Å². The van der Waals surface area contributed by atoms with Gasteiger partial charge >= 0.3 is 0 Å². The molecule has 0 radical (unpaired) electrons. The molecule has 3 unspecified atom stereocenters. The van der Waals surface area contributed by atoms with Crippen molar-refractivity contribution in [3.63, 3.8) is 0 Å². The Morgan fingerprint density at radius 1 is 1.63 bits per heavy atom. The molecule has 1 saturated heterocycles. The normalized spacial score (nSPS) is 25.7. The van der Waals surface area contributed by atoms with E-state index in [9.17, 15) is 9.90 Å². The predicted octanol–water partition coefficient (Wildman–Crippen LogP) is -1.82. The van der Waals surface area contributed by atoms with E-state index in [1.54, 1.807) is 25.1 Å². The highest BCUT2D eigenvalue weighted by molar-refractivity contribution is 6.45. The van der Waals surface area contributed by atoms with Crippen molar-refractivity contribution < 1.29 is 15.0 Å². The fourth-order valence-corrected chi connectivity index (χ4v) is 1.98. The average molecular weight is 267 g/mol. The molecule has 3 atom stereocenters. The van der Waals surface area contributed by atoms with Gasteiger partial charge < -0.3 is 20.4 Å². The number of guanidine groups is 1. The van der Waals surface area contributed by atoms with Crippen LogP contribution < -0.4 is 10.6 Å². The molecular weight excluding hydrogens is 250 g/mol. The molecule has 0 aliphatic carbocycles. The number of amides is 1. The van der Waals surface area contributed by atoms with Gasteiger partial charge in [0.2, 0.25) is 0 Å². The van der Waals surface area contributed by atoms with Crippen molar-refractivity contribution in [3.05, 3.63) is 11.9 Å². The molecule has 0 aromatic heterocycles. The van der Waals surface area contributed by atoms with Crippen LogP contribution in [-0.4, -0.2) is 58.6 Å². The number of nitrogens with one attached hydrogen (secondary N) is 3. The molecule has 8 heteroatoms. The Kier molecular flexibility index (Phi) is 3.54. The van der Waals surface area contributed by atoms with Gasteiger partial charge in [0.15, 0.2) is 12.1 Å². The molecule has 1 fully saturated rings. The minimum absolute atomic E-state index is 0.0684.